The predicted octanol–water partition coefficient (Wildman–Crippen LogP) is 6.69. The van der Waals surface area contributed by atoms with Gasteiger partial charge in [0, 0.05) is 11.8 Å². The van der Waals surface area contributed by atoms with Crippen molar-refractivity contribution in [3.8, 4) is 11.8 Å². The molecule has 0 nitrogen and oxygen atoms in total. The van der Waals surface area contributed by atoms with E-state index in [0.717, 1.165) is 23.7 Å². The third-order valence-electron chi connectivity index (χ3n) is 6.21. The van der Waals surface area contributed by atoms with Crippen molar-refractivity contribution in [1.82, 2.24) is 0 Å². The summed E-state index contributed by atoms with van der Waals surface area (Å²) < 4.78 is 0. The van der Waals surface area contributed by atoms with Crippen molar-refractivity contribution >= 4 is 0 Å². The SMILES string of the molecule is CC(C)CCC(C)C#CC1CCC(C2CCC(C)CC2)CC1. The van der Waals surface area contributed by atoms with Crippen molar-refractivity contribution < 1.29 is 0 Å². The van der Waals surface area contributed by atoms with Crippen molar-refractivity contribution in [2.24, 2.45) is 35.5 Å². The average Bonchev–Trinajstić information content (AvgIpc) is 2.52. The van der Waals surface area contributed by atoms with E-state index in [2.05, 4.69) is 39.5 Å². The number of hydrogen-bond donors (Lipinski definition) is 0. The normalized spacial score (nSPS) is 34.0. The van der Waals surface area contributed by atoms with Gasteiger partial charge in [-0.05, 0) is 75.0 Å². The molecule has 22 heavy (non-hydrogen) atoms. The molecule has 0 spiro atoms. The molecule has 1 unspecified atom stereocenters. The van der Waals surface area contributed by atoms with Crippen LogP contribution in [0.4, 0.5) is 0 Å². The summed E-state index contributed by atoms with van der Waals surface area (Å²) in [4.78, 5) is 0. The third-order valence-corrected chi connectivity index (χ3v) is 6.21. The van der Waals surface area contributed by atoms with Crippen LogP contribution in [-0.4, -0.2) is 0 Å². The lowest BCUT2D eigenvalue weighted by Gasteiger charge is -2.36. The fourth-order valence-electron chi connectivity index (χ4n) is 4.41. The van der Waals surface area contributed by atoms with Gasteiger partial charge < -0.3 is 0 Å². The van der Waals surface area contributed by atoms with Gasteiger partial charge in [0.2, 0.25) is 0 Å². The summed E-state index contributed by atoms with van der Waals surface area (Å²) in [5.41, 5.74) is 0. The van der Waals surface area contributed by atoms with Gasteiger partial charge in [-0.1, -0.05) is 52.4 Å². The Balaban J connectivity index is 1.69. The van der Waals surface area contributed by atoms with Gasteiger partial charge in [0.1, 0.15) is 0 Å². The number of rotatable bonds is 4. The Morgan fingerprint density at radius 3 is 1.86 bits per heavy atom. The fraction of sp³-hybridized carbons (Fsp3) is 0.909. The highest BCUT2D eigenvalue weighted by Crippen LogP contribution is 2.41. The van der Waals surface area contributed by atoms with Gasteiger partial charge in [0.05, 0.1) is 0 Å². The van der Waals surface area contributed by atoms with Crippen LogP contribution in [0.15, 0.2) is 0 Å². The second-order valence-corrected chi connectivity index (χ2v) is 8.79. The average molecular weight is 303 g/mol. The molecule has 2 aliphatic rings. The Labute approximate surface area is 139 Å². The Bertz CT molecular complexity index is 353. The van der Waals surface area contributed by atoms with E-state index in [-0.39, 0.29) is 0 Å². The Morgan fingerprint density at radius 1 is 0.773 bits per heavy atom. The lowest BCUT2D eigenvalue weighted by atomic mass is 9.69. The van der Waals surface area contributed by atoms with Gasteiger partial charge in [0.25, 0.3) is 0 Å². The van der Waals surface area contributed by atoms with E-state index in [1.807, 2.05) is 0 Å². The molecule has 2 aliphatic carbocycles. The molecule has 0 heteroatoms. The molecule has 2 rings (SSSR count). The predicted molar refractivity (Wildman–Crippen MR) is 97.6 cm³/mol. The van der Waals surface area contributed by atoms with E-state index in [1.54, 1.807) is 0 Å². The highest BCUT2D eigenvalue weighted by Gasteiger charge is 2.29. The largest absolute Gasteiger partial charge is 0.0999 e. The van der Waals surface area contributed by atoms with Gasteiger partial charge in [-0.2, -0.15) is 0 Å². The maximum Gasteiger partial charge on any atom is 0.0203 e. The molecular formula is C22H38. The van der Waals surface area contributed by atoms with E-state index in [0.29, 0.717) is 11.8 Å². The summed E-state index contributed by atoms with van der Waals surface area (Å²) >= 11 is 0. The number of hydrogen-bond acceptors (Lipinski definition) is 0. The zero-order chi connectivity index (χ0) is 15.9. The summed E-state index contributed by atoms with van der Waals surface area (Å²) in [6.07, 6.45) is 14.3. The lowest BCUT2D eigenvalue weighted by Crippen LogP contribution is -2.25. The van der Waals surface area contributed by atoms with Gasteiger partial charge in [0.15, 0.2) is 0 Å². The highest BCUT2D eigenvalue weighted by atomic mass is 14.3. The van der Waals surface area contributed by atoms with Gasteiger partial charge in [-0.15, -0.1) is 0 Å². The van der Waals surface area contributed by atoms with E-state index < -0.39 is 0 Å². The summed E-state index contributed by atoms with van der Waals surface area (Å²) in [5.74, 6) is 12.4. The second kappa shape index (κ2) is 9.00. The van der Waals surface area contributed by atoms with E-state index in [9.17, 15) is 0 Å². The smallest absolute Gasteiger partial charge is 0.0203 e. The molecule has 2 fully saturated rings. The summed E-state index contributed by atoms with van der Waals surface area (Å²) in [6, 6.07) is 0. The topological polar surface area (TPSA) is 0 Å². The minimum atomic E-state index is 0.597. The first-order valence-corrected chi connectivity index (χ1v) is 10.1. The van der Waals surface area contributed by atoms with Gasteiger partial charge >= 0.3 is 0 Å². The van der Waals surface area contributed by atoms with Crippen molar-refractivity contribution in [3.63, 3.8) is 0 Å². The molecule has 0 aromatic rings. The molecule has 1 atom stereocenters. The van der Waals surface area contributed by atoms with Crippen LogP contribution in [0.2, 0.25) is 0 Å². The van der Waals surface area contributed by atoms with Crippen LogP contribution in [0.25, 0.3) is 0 Å². The maximum atomic E-state index is 3.63. The van der Waals surface area contributed by atoms with Crippen LogP contribution < -0.4 is 0 Å². The van der Waals surface area contributed by atoms with Gasteiger partial charge in [-0.3, -0.25) is 0 Å². The fourth-order valence-corrected chi connectivity index (χ4v) is 4.41. The van der Waals surface area contributed by atoms with Crippen LogP contribution in [0, 0.1) is 47.3 Å². The summed E-state index contributed by atoms with van der Waals surface area (Å²) in [6.45, 7) is 9.37. The zero-order valence-electron chi connectivity index (χ0n) is 15.5. The molecule has 0 N–H and O–H groups in total. The Morgan fingerprint density at radius 2 is 1.32 bits per heavy atom. The van der Waals surface area contributed by atoms with E-state index >= 15 is 0 Å². The molecule has 0 saturated heterocycles. The molecular weight excluding hydrogens is 264 g/mol. The van der Waals surface area contributed by atoms with Crippen LogP contribution in [-0.2, 0) is 0 Å². The monoisotopic (exact) mass is 302 g/mol. The highest BCUT2D eigenvalue weighted by molar-refractivity contribution is 5.07. The summed E-state index contributed by atoms with van der Waals surface area (Å²) in [5, 5.41) is 0. The minimum Gasteiger partial charge on any atom is -0.0999 e. The first kappa shape index (κ1) is 17.9. The summed E-state index contributed by atoms with van der Waals surface area (Å²) in [7, 11) is 0. The van der Waals surface area contributed by atoms with Crippen molar-refractivity contribution in [1.29, 1.82) is 0 Å². The quantitative estimate of drug-likeness (QED) is 0.507. The van der Waals surface area contributed by atoms with Crippen LogP contribution in [0.5, 0.6) is 0 Å². The molecule has 2 saturated carbocycles. The van der Waals surface area contributed by atoms with Gasteiger partial charge in [-0.25, -0.2) is 0 Å². The Hall–Kier alpha value is -0.440. The standard InChI is InChI=1S/C22H38/c1-17(2)5-6-18(3)7-10-20-11-15-22(16-12-20)21-13-8-19(4)9-14-21/h17-22H,5-6,8-9,11-16H2,1-4H3. The Kier molecular flexibility index (Phi) is 7.33. The molecule has 0 aromatic carbocycles. The van der Waals surface area contributed by atoms with Crippen LogP contribution in [0.3, 0.4) is 0 Å². The zero-order valence-corrected chi connectivity index (χ0v) is 15.5. The minimum absolute atomic E-state index is 0.597. The lowest BCUT2D eigenvalue weighted by molar-refractivity contribution is 0.162. The van der Waals surface area contributed by atoms with Crippen molar-refractivity contribution in [2.75, 3.05) is 0 Å². The first-order chi connectivity index (χ1) is 10.5. The molecule has 0 aromatic heterocycles. The second-order valence-electron chi connectivity index (χ2n) is 8.79. The van der Waals surface area contributed by atoms with Crippen LogP contribution >= 0.6 is 0 Å². The first-order valence-electron chi connectivity index (χ1n) is 10.1. The van der Waals surface area contributed by atoms with E-state index in [4.69, 9.17) is 0 Å². The molecule has 0 radical (unpaired) electrons. The molecule has 0 bridgehead atoms. The van der Waals surface area contributed by atoms with E-state index in [1.165, 1.54) is 64.2 Å². The molecule has 126 valence electrons. The molecule has 0 amide bonds. The molecule has 0 heterocycles. The maximum absolute atomic E-state index is 3.63. The molecule has 0 aliphatic heterocycles. The van der Waals surface area contributed by atoms with Crippen molar-refractivity contribution in [3.05, 3.63) is 0 Å². The van der Waals surface area contributed by atoms with Crippen molar-refractivity contribution in [2.45, 2.75) is 91.9 Å². The van der Waals surface area contributed by atoms with Crippen LogP contribution in [0.1, 0.15) is 91.9 Å². The third kappa shape index (κ3) is 5.98.